The van der Waals surface area contributed by atoms with E-state index in [1.807, 2.05) is 12.1 Å². The van der Waals surface area contributed by atoms with Crippen LogP contribution in [0.15, 0.2) is 35.4 Å². The van der Waals surface area contributed by atoms with E-state index in [0.29, 0.717) is 11.2 Å². The highest BCUT2D eigenvalue weighted by atomic mass is 16.3. The van der Waals surface area contributed by atoms with Crippen LogP contribution in [0.4, 0.5) is 0 Å². The second-order valence-corrected chi connectivity index (χ2v) is 5.59. The molecule has 0 saturated heterocycles. The van der Waals surface area contributed by atoms with Gasteiger partial charge in [0.1, 0.15) is 5.60 Å². The minimum Gasteiger partial charge on any atom is -0.382 e. The number of aromatic nitrogens is 4. The average molecular weight is 284 g/mol. The molecule has 2 aromatic heterocycles. The van der Waals surface area contributed by atoms with Gasteiger partial charge in [0.15, 0.2) is 5.82 Å². The highest BCUT2D eigenvalue weighted by Crippen LogP contribution is 2.22. The zero-order chi connectivity index (χ0) is 15.2. The number of hydrogen-bond acceptors (Lipinski definition) is 4. The van der Waals surface area contributed by atoms with Crippen LogP contribution in [0, 0.1) is 0 Å². The van der Waals surface area contributed by atoms with E-state index in [1.165, 1.54) is 4.68 Å². The van der Waals surface area contributed by atoms with Crippen molar-refractivity contribution in [2.75, 3.05) is 0 Å². The van der Waals surface area contributed by atoms with Crippen LogP contribution in [-0.4, -0.2) is 24.9 Å². The molecule has 0 atom stereocenters. The standard InChI is InChI=1S/C15H16N4O2/c1-15(2,21)14-16-7-10(8-17-14)9-4-5-11-12(6-9)18-19(3)13(11)20/h4-8,18,21H,1-3H3. The first kappa shape index (κ1) is 13.5. The molecule has 0 saturated carbocycles. The molecule has 2 heterocycles. The Balaban J connectivity index is 2.06. The second kappa shape index (κ2) is 4.53. The molecule has 0 aliphatic carbocycles. The van der Waals surface area contributed by atoms with Crippen LogP contribution < -0.4 is 5.56 Å². The molecule has 21 heavy (non-hydrogen) atoms. The summed E-state index contributed by atoms with van der Waals surface area (Å²) in [6, 6.07) is 5.53. The Kier molecular flexibility index (Phi) is 2.91. The van der Waals surface area contributed by atoms with E-state index < -0.39 is 5.60 Å². The summed E-state index contributed by atoms with van der Waals surface area (Å²) in [7, 11) is 1.68. The number of aromatic amines is 1. The number of nitrogens with one attached hydrogen (secondary N) is 1. The van der Waals surface area contributed by atoms with Crippen LogP contribution in [0.2, 0.25) is 0 Å². The maximum atomic E-state index is 11.8. The van der Waals surface area contributed by atoms with Gasteiger partial charge in [0, 0.05) is 25.0 Å². The molecule has 0 fully saturated rings. The quantitative estimate of drug-likeness (QED) is 0.748. The van der Waals surface area contributed by atoms with Crippen molar-refractivity contribution in [3.8, 4) is 11.1 Å². The molecule has 6 heteroatoms. The van der Waals surface area contributed by atoms with Gasteiger partial charge in [-0.2, -0.15) is 0 Å². The van der Waals surface area contributed by atoms with Gasteiger partial charge in [0.25, 0.3) is 5.56 Å². The van der Waals surface area contributed by atoms with Crippen LogP contribution in [-0.2, 0) is 12.6 Å². The third-order valence-corrected chi connectivity index (χ3v) is 3.38. The summed E-state index contributed by atoms with van der Waals surface area (Å²) in [6.45, 7) is 3.28. The van der Waals surface area contributed by atoms with Gasteiger partial charge >= 0.3 is 0 Å². The minimum atomic E-state index is -1.06. The monoisotopic (exact) mass is 284 g/mol. The molecule has 1 aromatic carbocycles. The largest absolute Gasteiger partial charge is 0.382 e. The smallest absolute Gasteiger partial charge is 0.274 e. The van der Waals surface area contributed by atoms with Crippen molar-refractivity contribution in [3.05, 3.63) is 46.8 Å². The van der Waals surface area contributed by atoms with Gasteiger partial charge in [-0.15, -0.1) is 0 Å². The molecule has 0 bridgehead atoms. The fourth-order valence-electron chi connectivity index (χ4n) is 2.21. The first-order chi connectivity index (χ1) is 9.86. The van der Waals surface area contributed by atoms with E-state index in [-0.39, 0.29) is 5.56 Å². The van der Waals surface area contributed by atoms with Crippen LogP contribution in [0.5, 0.6) is 0 Å². The fourth-order valence-corrected chi connectivity index (χ4v) is 2.21. The zero-order valence-corrected chi connectivity index (χ0v) is 12.1. The van der Waals surface area contributed by atoms with E-state index >= 15 is 0 Å². The van der Waals surface area contributed by atoms with Crippen LogP contribution >= 0.6 is 0 Å². The lowest BCUT2D eigenvalue weighted by molar-refractivity contribution is 0.0687. The summed E-state index contributed by atoms with van der Waals surface area (Å²) in [4.78, 5) is 20.2. The Morgan fingerprint density at radius 3 is 2.48 bits per heavy atom. The van der Waals surface area contributed by atoms with E-state index in [2.05, 4.69) is 15.1 Å². The highest BCUT2D eigenvalue weighted by molar-refractivity contribution is 5.83. The lowest BCUT2D eigenvalue weighted by Gasteiger charge is -2.14. The second-order valence-electron chi connectivity index (χ2n) is 5.59. The first-order valence-corrected chi connectivity index (χ1v) is 6.60. The van der Waals surface area contributed by atoms with E-state index in [9.17, 15) is 9.90 Å². The molecular formula is C15H16N4O2. The lowest BCUT2D eigenvalue weighted by Crippen LogP contribution is -2.19. The molecule has 0 radical (unpaired) electrons. The van der Waals surface area contributed by atoms with Crippen molar-refractivity contribution >= 4 is 10.9 Å². The maximum absolute atomic E-state index is 11.8. The van der Waals surface area contributed by atoms with Crippen molar-refractivity contribution in [1.82, 2.24) is 19.7 Å². The molecule has 0 aliphatic rings. The summed E-state index contributed by atoms with van der Waals surface area (Å²) in [5.41, 5.74) is 1.39. The van der Waals surface area contributed by atoms with Crippen LogP contribution in [0.25, 0.3) is 22.0 Å². The van der Waals surface area contributed by atoms with E-state index in [0.717, 1.165) is 16.6 Å². The Hall–Kier alpha value is -2.47. The third-order valence-electron chi connectivity index (χ3n) is 3.38. The highest BCUT2D eigenvalue weighted by Gasteiger charge is 2.19. The number of nitrogens with zero attached hydrogens (tertiary/aromatic N) is 3. The summed E-state index contributed by atoms with van der Waals surface area (Å²) >= 11 is 0. The summed E-state index contributed by atoms with van der Waals surface area (Å²) < 4.78 is 1.45. The van der Waals surface area contributed by atoms with Gasteiger partial charge in [-0.25, -0.2) is 9.97 Å². The Labute approximate surface area is 121 Å². The number of benzene rings is 1. The molecule has 0 amide bonds. The van der Waals surface area contributed by atoms with E-state index in [1.54, 1.807) is 39.4 Å². The summed E-state index contributed by atoms with van der Waals surface area (Å²) in [5, 5.41) is 13.5. The first-order valence-electron chi connectivity index (χ1n) is 6.60. The van der Waals surface area contributed by atoms with E-state index in [4.69, 9.17) is 0 Å². The number of hydrogen-bond donors (Lipinski definition) is 2. The number of aliphatic hydroxyl groups is 1. The maximum Gasteiger partial charge on any atom is 0.274 e. The van der Waals surface area contributed by atoms with Gasteiger partial charge in [0.05, 0.1) is 10.9 Å². The predicted octanol–water partition coefficient (Wildman–Crippen LogP) is 1.55. The van der Waals surface area contributed by atoms with Crippen molar-refractivity contribution < 1.29 is 5.11 Å². The molecule has 0 spiro atoms. The number of fused-ring (bicyclic) bond motifs is 1. The van der Waals surface area contributed by atoms with Gasteiger partial charge in [-0.3, -0.25) is 14.6 Å². The number of aryl methyl sites for hydroxylation is 1. The van der Waals surface area contributed by atoms with Gasteiger partial charge < -0.3 is 5.11 Å². The van der Waals surface area contributed by atoms with Crippen LogP contribution in [0.3, 0.4) is 0 Å². The lowest BCUT2D eigenvalue weighted by atomic mass is 10.1. The number of rotatable bonds is 2. The molecule has 6 nitrogen and oxygen atoms in total. The average Bonchev–Trinajstić information content (AvgIpc) is 2.73. The van der Waals surface area contributed by atoms with Crippen LogP contribution in [0.1, 0.15) is 19.7 Å². The molecular weight excluding hydrogens is 268 g/mol. The molecule has 108 valence electrons. The third kappa shape index (κ3) is 2.34. The fraction of sp³-hybridized carbons (Fsp3) is 0.267. The van der Waals surface area contributed by atoms with Crippen molar-refractivity contribution in [1.29, 1.82) is 0 Å². The Morgan fingerprint density at radius 2 is 1.86 bits per heavy atom. The summed E-state index contributed by atoms with van der Waals surface area (Å²) in [6.07, 6.45) is 3.34. The molecule has 0 unspecified atom stereocenters. The Morgan fingerprint density at radius 1 is 1.19 bits per heavy atom. The molecule has 2 N–H and O–H groups in total. The van der Waals surface area contributed by atoms with Crippen molar-refractivity contribution in [3.63, 3.8) is 0 Å². The van der Waals surface area contributed by atoms with Gasteiger partial charge in [-0.1, -0.05) is 6.07 Å². The normalized spacial score (nSPS) is 12.0. The topological polar surface area (TPSA) is 83.8 Å². The molecule has 3 rings (SSSR count). The molecule has 3 aromatic rings. The summed E-state index contributed by atoms with van der Waals surface area (Å²) in [5.74, 6) is 0.375. The van der Waals surface area contributed by atoms with Gasteiger partial charge in [-0.05, 0) is 31.5 Å². The van der Waals surface area contributed by atoms with Crippen molar-refractivity contribution in [2.24, 2.45) is 7.05 Å². The van der Waals surface area contributed by atoms with Gasteiger partial charge in [0.2, 0.25) is 0 Å². The minimum absolute atomic E-state index is 0.0508. The molecule has 0 aliphatic heterocycles. The number of H-pyrrole nitrogens is 1. The SMILES string of the molecule is Cn1[nH]c2cc(-c3cnc(C(C)(C)O)nc3)ccc2c1=O. The zero-order valence-electron chi connectivity index (χ0n) is 12.1. The predicted molar refractivity (Wildman–Crippen MR) is 79.8 cm³/mol. The van der Waals surface area contributed by atoms with Crippen molar-refractivity contribution in [2.45, 2.75) is 19.4 Å². The Bertz CT molecular complexity index is 854.